The Hall–Kier alpha value is -4.35. The average Bonchev–Trinajstić information content (AvgIpc) is 3.81. The number of nitrogens with zero attached hydrogens (tertiary/aromatic N) is 5. The Kier molecular flexibility index (Phi) is 7.73. The van der Waals surface area contributed by atoms with Crippen molar-refractivity contribution in [2.24, 2.45) is 5.92 Å². The number of carbonyl (C=O) groups is 2. The van der Waals surface area contributed by atoms with Gasteiger partial charge >= 0.3 is 5.97 Å². The molecule has 1 aliphatic carbocycles. The fourth-order valence-electron chi connectivity index (χ4n) is 5.81. The lowest BCUT2D eigenvalue weighted by Crippen LogP contribution is -2.46. The van der Waals surface area contributed by atoms with Crippen LogP contribution in [0.25, 0.3) is 11.0 Å². The summed E-state index contributed by atoms with van der Waals surface area (Å²) in [5.74, 6) is 0.774. The van der Waals surface area contributed by atoms with Crippen molar-refractivity contribution in [3.05, 3.63) is 82.9 Å². The Balaban J connectivity index is 0.979. The molecule has 1 N–H and O–H groups in total. The minimum Gasteiger partial charge on any atom is -0.478 e. The molecule has 0 bridgehead atoms. The number of pyridine rings is 1. The zero-order valence-corrected chi connectivity index (χ0v) is 24.3. The van der Waals surface area contributed by atoms with E-state index in [9.17, 15) is 19.1 Å². The molecule has 0 radical (unpaired) electrons. The van der Waals surface area contributed by atoms with E-state index in [1.807, 2.05) is 12.1 Å². The van der Waals surface area contributed by atoms with Gasteiger partial charge in [-0.1, -0.05) is 18.2 Å². The first kappa shape index (κ1) is 28.4. The van der Waals surface area contributed by atoms with Crippen LogP contribution in [0.3, 0.4) is 0 Å². The van der Waals surface area contributed by atoms with Gasteiger partial charge in [-0.05, 0) is 49.6 Å². The standard InChI is InChI=1S/C33H34FN5O5/c34-26-16-22(32(40)21-4-5-21)6-7-24(26)20-44-31-3-1-2-29(36-31)38-13-11-37(12-14-38)19-30-35-27-9-8-23(33(41)42)17-28(27)39(30)18-25-10-15-43-25/h1-3,6-9,16-17,21,25H,4-5,10-15,18-20H2,(H,41,42). The number of imidazole rings is 1. The Labute approximate surface area is 254 Å². The Morgan fingerprint density at radius 3 is 2.48 bits per heavy atom. The fraction of sp³-hybridized carbons (Fsp3) is 0.394. The molecule has 1 saturated carbocycles. The molecular weight excluding hydrogens is 565 g/mol. The van der Waals surface area contributed by atoms with Gasteiger partial charge in [-0.15, -0.1) is 0 Å². The number of carbonyl (C=O) groups excluding carboxylic acids is 1. The number of aromatic nitrogens is 3. The molecule has 7 rings (SSSR count). The van der Waals surface area contributed by atoms with Gasteiger partial charge in [-0.25, -0.2) is 14.2 Å². The van der Waals surface area contributed by atoms with Crippen molar-refractivity contribution in [1.82, 2.24) is 19.4 Å². The predicted octanol–water partition coefficient (Wildman–Crippen LogP) is 4.55. The zero-order chi connectivity index (χ0) is 30.2. The average molecular weight is 600 g/mol. The summed E-state index contributed by atoms with van der Waals surface area (Å²) < 4.78 is 28.3. The molecule has 10 nitrogen and oxygen atoms in total. The van der Waals surface area contributed by atoms with E-state index < -0.39 is 11.8 Å². The highest BCUT2D eigenvalue weighted by atomic mass is 19.1. The molecule has 4 heterocycles. The Bertz CT molecular complexity index is 1710. The number of carboxylic acid groups (broad SMARTS) is 1. The number of hydrogen-bond donors (Lipinski definition) is 1. The van der Waals surface area contributed by atoms with Crippen LogP contribution in [0.2, 0.25) is 0 Å². The van der Waals surface area contributed by atoms with Gasteiger partial charge in [-0.3, -0.25) is 9.69 Å². The Morgan fingerprint density at radius 2 is 1.77 bits per heavy atom. The highest BCUT2D eigenvalue weighted by molar-refractivity contribution is 5.99. The number of halogens is 1. The van der Waals surface area contributed by atoms with Crippen molar-refractivity contribution in [3.63, 3.8) is 0 Å². The van der Waals surface area contributed by atoms with E-state index in [4.69, 9.17) is 14.5 Å². The third kappa shape index (κ3) is 6.02. The molecule has 1 atom stereocenters. The summed E-state index contributed by atoms with van der Waals surface area (Å²) in [4.78, 5) is 37.9. The SMILES string of the molecule is O=C(O)c1ccc2nc(CN3CCN(c4cccc(OCc5ccc(C(=O)C6CC6)cc5F)n4)CC3)n(CC3CCO3)c2c1. The number of hydrogen-bond acceptors (Lipinski definition) is 8. The third-order valence-corrected chi connectivity index (χ3v) is 8.69. The van der Waals surface area contributed by atoms with E-state index in [1.165, 1.54) is 6.07 Å². The van der Waals surface area contributed by atoms with E-state index >= 15 is 0 Å². The lowest BCUT2D eigenvalue weighted by atomic mass is 10.0. The molecule has 2 aliphatic heterocycles. The van der Waals surface area contributed by atoms with Crippen molar-refractivity contribution < 1.29 is 28.6 Å². The number of ketones is 1. The van der Waals surface area contributed by atoms with Crippen molar-refractivity contribution >= 4 is 28.6 Å². The molecule has 2 saturated heterocycles. The maximum Gasteiger partial charge on any atom is 0.335 e. The molecule has 0 spiro atoms. The molecule has 2 aromatic carbocycles. The first-order chi connectivity index (χ1) is 21.4. The zero-order valence-electron chi connectivity index (χ0n) is 24.3. The molecular formula is C33H34FN5O5. The third-order valence-electron chi connectivity index (χ3n) is 8.69. The molecule has 4 aromatic rings. The molecule has 228 valence electrons. The van der Waals surface area contributed by atoms with Gasteiger partial charge in [0.25, 0.3) is 0 Å². The summed E-state index contributed by atoms with van der Waals surface area (Å²) in [6.45, 7) is 5.19. The summed E-state index contributed by atoms with van der Waals surface area (Å²) in [6, 6.07) is 15.3. The number of ether oxygens (including phenoxy) is 2. The van der Waals surface area contributed by atoms with E-state index in [-0.39, 0.29) is 30.0 Å². The lowest BCUT2D eigenvalue weighted by molar-refractivity contribution is -0.0592. The first-order valence-electron chi connectivity index (χ1n) is 15.1. The van der Waals surface area contributed by atoms with Crippen LogP contribution in [0, 0.1) is 11.7 Å². The second kappa shape index (κ2) is 12.0. The van der Waals surface area contributed by atoms with Gasteiger partial charge < -0.3 is 24.0 Å². The van der Waals surface area contributed by atoms with Crippen molar-refractivity contribution in [2.45, 2.75) is 45.1 Å². The number of fused-ring (bicyclic) bond motifs is 1. The molecule has 0 amide bonds. The molecule has 3 fully saturated rings. The smallest absolute Gasteiger partial charge is 0.335 e. The van der Waals surface area contributed by atoms with Crippen LogP contribution in [0.15, 0.2) is 54.6 Å². The number of Topliss-reactive ketones (excluding diaryl/α,β-unsaturated/α-hetero) is 1. The summed E-state index contributed by atoms with van der Waals surface area (Å²) >= 11 is 0. The number of piperazine rings is 1. The summed E-state index contributed by atoms with van der Waals surface area (Å²) in [7, 11) is 0. The van der Waals surface area contributed by atoms with Crippen LogP contribution in [-0.2, 0) is 24.4 Å². The molecule has 3 aliphatic rings. The monoisotopic (exact) mass is 599 g/mol. The van der Waals surface area contributed by atoms with Crippen LogP contribution < -0.4 is 9.64 Å². The minimum absolute atomic E-state index is 0.0158. The molecule has 44 heavy (non-hydrogen) atoms. The topological polar surface area (TPSA) is 110 Å². The maximum atomic E-state index is 14.7. The van der Waals surface area contributed by atoms with E-state index in [0.29, 0.717) is 30.1 Å². The number of aromatic carboxylic acids is 1. The highest BCUT2D eigenvalue weighted by Crippen LogP contribution is 2.33. The lowest BCUT2D eigenvalue weighted by Gasteiger charge is -2.35. The maximum absolute atomic E-state index is 14.7. The second-order valence-electron chi connectivity index (χ2n) is 11.8. The van der Waals surface area contributed by atoms with Crippen molar-refractivity contribution in [2.75, 3.05) is 37.7 Å². The van der Waals surface area contributed by atoms with E-state index in [1.54, 1.807) is 36.4 Å². The summed E-state index contributed by atoms with van der Waals surface area (Å²) in [5.41, 5.74) is 2.65. The summed E-state index contributed by atoms with van der Waals surface area (Å²) in [5, 5.41) is 9.51. The predicted molar refractivity (Wildman–Crippen MR) is 161 cm³/mol. The number of anilines is 1. The molecule has 11 heteroatoms. The molecule has 1 unspecified atom stereocenters. The summed E-state index contributed by atoms with van der Waals surface area (Å²) in [6.07, 6.45) is 2.87. The van der Waals surface area contributed by atoms with Crippen molar-refractivity contribution in [3.8, 4) is 5.88 Å². The van der Waals surface area contributed by atoms with Crippen LogP contribution in [0.4, 0.5) is 10.2 Å². The quantitative estimate of drug-likeness (QED) is 0.248. The minimum atomic E-state index is -0.956. The highest BCUT2D eigenvalue weighted by Gasteiger charge is 2.31. The number of carboxylic acids is 1. The van der Waals surface area contributed by atoms with Crippen LogP contribution in [-0.4, -0.2) is 75.2 Å². The van der Waals surface area contributed by atoms with Crippen LogP contribution in [0.1, 0.15) is 51.4 Å². The van der Waals surface area contributed by atoms with Crippen LogP contribution in [0.5, 0.6) is 5.88 Å². The van der Waals surface area contributed by atoms with Gasteiger partial charge in [0.1, 0.15) is 24.1 Å². The van der Waals surface area contributed by atoms with Gasteiger partial charge in [0, 0.05) is 55.9 Å². The Morgan fingerprint density at radius 1 is 0.977 bits per heavy atom. The van der Waals surface area contributed by atoms with Gasteiger partial charge in [-0.2, -0.15) is 4.98 Å². The van der Waals surface area contributed by atoms with E-state index in [0.717, 1.165) is 74.7 Å². The van der Waals surface area contributed by atoms with Gasteiger partial charge in [0.05, 0.1) is 35.8 Å². The fourth-order valence-corrected chi connectivity index (χ4v) is 5.81. The molecule has 2 aromatic heterocycles. The van der Waals surface area contributed by atoms with Gasteiger partial charge in [0.15, 0.2) is 5.78 Å². The normalized spacial score (nSPS) is 18.8. The number of rotatable bonds is 11. The largest absolute Gasteiger partial charge is 0.478 e. The van der Waals surface area contributed by atoms with E-state index in [2.05, 4.69) is 19.4 Å². The van der Waals surface area contributed by atoms with Crippen molar-refractivity contribution in [1.29, 1.82) is 0 Å². The first-order valence-corrected chi connectivity index (χ1v) is 15.1. The van der Waals surface area contributed by atoms with Gasteiger partial charge in [0.2, 0.25) is 5.88 Å². The number of benzene rings is 2. The second-order valence-corrected chi connectivity index (χ2v) is 11.8. The van der Waals surface area contributed by atoms with Crippen LogP contribution >= 0.6 is 0 Å².